The molecule has 0 aliphatic heterocycles. The van der Waals surface area contributed by atoms with E-state index in [2.05, 4.69) is 4.98 Å². The summed E-state index contributed by atoms with van der Waals surface area (Å²) >= 11 is 0. The van der Waals surface area contributed by atoms with E-state index in [1.807, 2.05) is 12.1 Å². The van der Waals surface area contributed by atoms with Crippen molar-refractivity contribution in [2.75, 3.05) is 6.54 Å². The second-order valence-electron chi connectivity index (χ2n) is 4.94. The first kappa shape index (κ1) is 16.6. The van der Waals surface area contributed by atoms with E-state index in [0.717, 1.165) is 5.56 Å². The van der Waals surface area contributed by atoms with Crippen molar-refractivity contribution in [3.8, 4) is 6.07 Å². The Morgan fingerprint density at radius 3 is 2.67 bits per heavy atom. The Hall–Kier alpha value is -2.42. The molecule has 0 radical (unpaired) electrons. The zero-order valence-corrected chi connectivity index (χ0v) is 12.2. The third-order valence-electron chi connectivity index (χ3n) is 3.43. The van der Waals surface area contributed by atoms with Gasteiger partial charge in [-0.15, -0.1) is 0 Å². The van der Waals surface area contributed by atoms with Crippen molar-refractivity contribution in [2.45, 2.75) is 26.8 Å². The minimum Gasteiger partial charge on any atom is -0.481 e. The Kier molecular flexibility index (Phi) is 6.34. The van der Waals surface area contributed by atoms with Gasteiger partial charge in [-0.3, -0.25) is 14.6 Å². The van der Waals surface area contributed by atoms with Crippen LogP contribution in [0.3, 0.4) is 0 Å². The lowest BCUT2D eigenvalue weighted by atomic mass is 9.94. The van der Waals surface area contributed by atoms with Gasteiger partial charge in [-0.2, -0.15) is 5.26 Å². The highest BCUT2D eigenvalue weighted by Gasteiger charge is 2.29. The average molecular weight is 289 g/mol. The van der Waals surface area contributed by atoms with Gasteiger partial charge < -0.3 is 10.0 Å². The van der Waals surface area contributed by atoms with Crippen molar-refractivity contribution in [1.82, 2.24) is 9.88 Å². The smallest absolute Gasteiger partial charge is 0.307 e. The van der Waals surface area contributed by atoms with E-state index in [0.29, 0.717) is 6.54 Å². The van der Waals surface area contributed by atoms with Crippen LogP contribution < -0.4 is 0 Å². The standard InChI is InChI=1S/C15H19N3O3/c1-11(12(2)15(20)21)14(19)18(8-4-6-16)10-13-5-3-7-17-9-13/h3,5,7,9,11-12H,4,8,10H2,1-2H3,(H,20,21). The highest BCUT2D eigenvalue weighted by molar-refractivity contribution is 5.84. The number of carboxylic acid groups (broad SMARTS) is 1. The number of carbonyl (C=O) groups is 2. The van der Waals surface area contributed by atoms with E-state index >= 15 is 0 Å². The lowest BCUT2D eigenvalue weighted by Gasteiger charge is -2.26. The number of hydrogen-bond acceptors (Lipinski definition) is 4. The fourth-order valence-electron chi connectivity index (χ4n) is 1.88. The molecule has 0 aromatic carbocycles. The SMILES string of the molecule is CC(C(=O)O)C(C)C(=O)N(CCC#N)Cc1cccnc1. The summed E-state index contributed by atoms with van der Waals surface area (Å²) in [6.07, 6.45) is 3.50. The predicted molar refractivity (Wildman–Crippen MR) is 75.8 cm³/mol. The summed E-state index contributed by atoms with van der Waals surface area (Å²) in [5, 5.41) is 17.7. The molecule has 1 amide bonds. The predicted octanol–water partition coefficient (Wildman–Crippen LogP) is 1.68. The summed E-state index contributed by atoms with van der Waals surface area (Å²) in [6, 6.07) is 5.61. The Labute approximate surface area is 124 Å². The molecule has 0 saturated carbocycles. The number of carbonyl (C=O) groups excluding carboxylic acids is 1. The van der Waals surface area contributed by atoms with Crippen molar-refractivity contribution in [3.05, 3.63) is 30.1 Å². The molecule has 1 aromatic rings. The van der Waals surface area contributed by atoms with Crippen LogP contribution in [0, 0.1) is 23.2 Å². The second-order valence-corrected chi connectivity index (χ2v) is 4.94. The maximum absolute atomic E-state index is 12.4. The lowest BCUT2D eigenvalue weighted by molar-refractivity contribution is -0.149. The van der Waals surface area contributed by atoms with Gasteiger partial charge in [0, 0.05) is 31.4 Å². The molecule has 0 aliphatic carbocycles. The number of aliphatic carboxylic acids is 1. The number of nitrogens with zero attached hydrogens (tertiary/aromatic N) is 3. The molecule has 6 nitrogen and oxygen atoms in total. The van der Waals surface area contributed by atoms with Crippen molar-refractivity contribution in [3.63, 3.8) is 0 Å². The van der Waals surface area contributed by atoms with E-state index in [-0.39, 0.29) is 18.9 Å². The molecule has 0 bridgehead atoms. The van der Waals surface area contributed by atoms with E-state index in [1.54, 1.807) is 25.4 Å². The Morgan fingerprint density at radius 2 is 2.14 bits per heavy atom. The molecular formula is C15H19N3O3. The largest absolute Gasteiger partial charge is 0.481 e. The summed E-state index contributed by atoms with van der Waals surface area (Å²) in [5.41, 5.74) is 0.846. The number of carboxylic acids is 1. The normalized spacial score (nSPS) is 13.0. The highest BCUT2D eigenvalue weighted by atomic mass is 16.4. The fourth-order valence-corrected chi connectivity index (χ4v) is 1.88. The van der Waals surface area contributed by atoms with E-state index in [4.69, 9.17) is 10.4 Å². The van der Waals surface area contributed by atoms with Crippen LogP contribution >= 0.6 is 0 Å². The average Bonchev–Trinajstić information content (AvgIpc) is 2.50. The monoisotopic (exact) mass is 289 g/mol. The molecule has 2 atom stereocenters. The number of amides is 1. The van der Waals surface area contributed by atoms with Gasteiger partial charge >= 0.3 is 5.97 Å². The summed E-state index contributed by atoms with van der Waals surface area (Å²) in [7, 11) is 0. The number of nitriles is 1. The second kappa shape index (κ2) is 8.00. The first-order valence-corrected chi connectivity index (χ1v) is 6.74. The zero-order chi connectivity index (χ0) is 15.8. The van der Waals surface area contributed by atoms with E-state index in [9.17, 15) is 9.59 Å². The maximum Gasteiger partial charge on any atom is 0.307 e. The minimum absolute atomic E-state index is 0.209. The molecule has 1 N–H and O–H groups in total. The van der Waals surface area contributed by atoms with Gasteiger partial charge in [0.15, 0.2) is 0 Å². The molecule has 0 spiro atoms. The van der Waals surface area contributed by atoms with E-state index in [1.165, 1.54) is 11.8 Å². The Morgan fingerprint density at radius 1 is 1.43 bits per heavy atom. The molecule has 1 rings (SSSR count). The quantitative estimate of drug-likeness (QED) is 0.824. The van der Waals surface area contributed by atoms with Crippen LogP contribution in [0.15, 0.2) is 24.5 Å². The summed E-state index contributed by atoms with van der Waals surface area (Å²) < 4.78 is 0. The van der Waals surface area contributed by atoms with Crippen LogP contribution in [-0.4, -0.2) is 33.4 Å². The van der Waals surface area contributed by atoms with Gasteiger partial charge in [0.2, 0.25) is 5.91 Å². The lowest BCUT2D eigenvalue weighted by Crippen LogP contribution is -2.39. The fraction of sp³-hybridized carbons (Fsp3) is 0.467. The zero-order valence-electron chi connectivity index (χ0n) is 12.2. The minimum atomic E-state index is -1.00. The third-order valence-corrected chi connectivity index (χ3v) is 3.43. The molecular weight excluding hydrogens is 270 g/mol. The summed E-state index contributed by atoms with van der Waals surface area (Å²) in [4.78, 5) is 28.9. The summed E-state index contributed by atoms with van der Waals surface area (Å²) in [5.74, 6) is -2.67. The maximum atomic E-state index is 12.4. The molecule has 0 fully saturated rings. The van der Waals surface area contributed by atoms with Crippen LogP contribution in [0.25, 0.3) is 0 Å². The topological polar surface area (TPSA) is 94.3 Å². The Balaban J connectivity index is 2.84. The third kappa shape index (κ3) is 4.88. The van der Waals surface area contributed by atoms with Crippen LogP contribution in [-0.2, 0) is 16.1 Å². The van der Waals surface area contributed by atoms with Crippen LogP contribution in [0.2, 0.25) is 0 Å². The van der Waals surface area contributed by atoms with Gasteiger partial charge in [-0.25, -0.2) is 0 Å². The number of hydrogen-bond donors (Lipinski definition) is 1. The van der Waals surface area contributed by atoms with Gasteiger partial charge in [-0.05, 0) is 11.6 Å². The van der Waals surface area contributed by atoms with Crippen LogP contribution in [0.4, 0.5) is 0 Å². The molecule has 0 aliphatic rings. The molecule has 2 unspecified atom stereocenters. The molecule has 1 heterocycles. The molecule has 21 heavy (non-hydrogen) atoms. The van der Waals surface area contributed by atoms with Crippen LogP contribution in [0.1, 0.15) is 25.8 Å². The van der Waals surface area contributed by atoms with Gasteiger partial charge in [-0.1, -0.05) is 19.9 Å². The summed E-state index contributed by atoms with van der Waals surface area (Å²) in [6.45, 7) is 3.72. The number of aromatic nitrogens is 1. The number of pyridine rings is 1. The van der Waals surface area contributed by atoms with Crippen molar-refractivity contribution < 1.29 is 14.7 Å². The molecule has 6 heteroatoms. The van der Waals surface area contributed by atoms with E-state index < -0.39 is 17.8 Å². The van der Waals surface area contributed by atoms with Gasteiger partial charge in [0.05, 0.1) is 18.4 Å². The molecule has 112 valence electrons. The molecule has 1 aromatic heterocycles. The van der Waals surface area contributed by atoms with Crippen molar-refractivity contribution in [1.29, 1.82) is 5.26 Å². The highest BCUT2D eigenvalue weighted by Crippen LogP contribution is 2.16. The molecule has 0 saturated heterocycles. The van der Waals surface area contributed by atoms with Gasteiger partial charge in [0.1, 0.15) is 0 Å². The van der Waals surface area contributed by atoms with Crippen LogP contribution in [0.5, 0.6) is 0 Å². The first-order valence-electron chi connectivity index (χ1n) is 6.74. The van der Waals surface area contributed by atoms with Crippen molar-refractivity contribution in [2.24, 2.45) is 11.8 Å². The van der Waals surface area contributed by atoms with Crippen molar-refractivity contribution >= 4 is 11.9 Å². The first-order chi connectivity index (χ1) is 9.97. The Bertz CT molecular complexity index is 525. The number of rotatable bonds is 7. The van der Waals surface area contributed by atoms with Gasteiger partial charge in [0.25, 0.3) is 0 Å².